The van der Waals surface area contributed by atoms with Crippen LogP contribution in [0.4, 0.5) is 10.5 Å². The maximum atomic E-state index is 13.4. The van der Waals surface area contributed by atoms with Crippen LogP contribution in [0.25, 0.3) is 0 Å². The van der Waals surface area contributed by atoms with Gasteiger partial charge in [-0.2, -0.15) is 0 Å². The number of nitrogens with zero attached hydrogens (tertiary/aromatic N) is 3. The summed E-state index contributed by atoms with van der Waals surface area (Å²) in [6.45, 7) is 4.39. The average molecular weight is 581 g/mol. The number of hydrogen-bond donors (Lipinski definition) is 4. The molecule has 0 aliphatic heterocycles. The minimum atomic E-state index is -1.35. The van der Waals surface area contributed by atoms with Gasteiger partial charge in [-0.05, 0) is 56.4 Å². The number of aromatic amines is 1. The van der Waals surface area contributed by atoms with E-state index >= 15 is 0 Å². The fourth-order valence-corrected chi connectivity index (χ4v) is 3.70. The molecule has 0 atom stereocenters. The molecule has 5 N–H and O–H groups in total. The summed E-state index contributed by atoms with van der Waals surface area (Å²) in [5.41, 5.74) is 8.19. The van der Waals surface area contributed by atoms with E-state index in [1.807, 2.05) is 6.92 Å². The average Bonchev–Trinajstić information content (AvgIpc) is 3.68. The first-order chi connectivity index (χ1) is 20.0. The number of hydrogen-bond acceptors (Lipinski definition) is 8. The van der Waals surface area contributed by atoms with E-state index in [9.17, 15) is 24.0 Å². The van der Waals surface area contributed by atoms with E-state index < -0.39 is 30.7 Å². The fraction of sp³-hybridized carbons (Fsp3) is 0.321. The lowest BCUT2D eigenvalue weighted by molar-refractivity contribution is -0.146. The molecule has 3 amide bonds. The zero-order valence-corrected chi connectivity index (χ0v) is 23.4. The van der Waals surface area contributed by atoms with Crippen molar-refractivity contribution in [2.24, 2.45) is 15.7 Å². The molecular formula is C28H32N6O8. The van der Waals surface area contributed by atoms with E-state index in [1.165, 1.54) is 6.20 Å². The van der Waals surface area contributed by atoms with Gasteiger partial charge in [0.2, 0.25) is 6.79 Å². The SMILES string of the molecule is CCCN(C(=O)OCOC(=O)/C=C/C(=O)O)C(=O)c1c[nH]c(C(N=CN)=Nc2cc(C(=O)NC3CC3)ccc2C)c1C. The molecule has 1 fully saturated rings. The molecule has 1 aliphatic carbocycles. The molecule has 1 aromatic carbocycles. The number of ether oxygens (including phenoxy) is 2. The Morgan fingerprint density at radius 2 is 1.90 bits per heavy atom. The van der Waals surface area contributed by atoms with Crippen LogP contribution >= 0.6 is 0 Å². The molecule has 222 valence electrons. The maximum absolute atomic E-state index is 13.4. The molecule has 2 aromatic rings. The van der Waals surface area contributed by atoms with E-state index in [0.29, 0.717) is 41.1 Å². The summed E-state index contributed by atoms with van der Waals surface area (Å²) >= 11 is 0. The van der Waals surface area contributed by atoms with Crippen molar-refractivity contribution in [3.8, 4) is 0 Å². The number of nitrogens with one attached hydrogen (secondary N) is 2. The van der Waals surface area contributed by atoms with Crippen LogP contribution in [-0.2, 0) is 19.1 Å². The Morgan fingerprint density at radius 3 is 2.55 bits per heavy atom. The van der Waals surface area contributed by atoms with E-state index in [1.54, 1.807) is 32.0 Å². The number of rotatable bonds is 11. The number of amidine groups is 1. The molecular weight excluding hydrogens is 548 g/mol. The molecule has 14 heteroatoms. The van der Waals surface area contributed by atoms with Gasteiger partial charge in [-0.1, -0.05) is 13.0 Å². The van der Waals surface area contributed by atoms with Gasteiger partial charge in [-0.15, -0.1) is 0 Å². The van der Waals surface area contributed by atoms with Crippen LogP contribution in [0.1, 0.15) is 63.7 Å². The standard InChI is InChI=1S/C28H32N6O8/c1-4-11-34(28(40)42-15-41-23(37)10-9-22(35)36)27(39)20-13-30-24(17(20)3)25(31-14-29)33-21-12-18(6-5-16(21)2)26(38)32-19-7-8-19/h5-6,9-10,12-14,19,30H,4,7-8,11,15H2,1-3H3,(H,32,38)(H,35,36)(H2,29,31,33)/b10-9+. The number of aliphatic carboxylic acids is 1. The maximum Gasteiger partial charge on any atom is 0.419 e. The Hall–Kier alpha value is -5.27. The minimum Gasteiger partial charge on any atom is -0.478 e. The Bertz CT molecular complexity index is 1450. The lowest BCUT2D eigenvalue weighted by Crippen LogP contribution is -2.38. The van der Waals surface area contributed by atoms with Gasteiger partial charge < -0.3 is 30.6 Å². The molecule has 42 heavy (non-hydrogen) atoms. The predicted octanol–water partition coefficient (Wildman–Crippen LogP) is 2.72. The number of benzene rings is 1. The molecule has 0 unspecified atom stereocenters. The first kappa shape index (κ1) is 31.3. The van der Waals surface area contributed by atoms with Crippen LogP contribution in [0, 0.1) is 13.8 Å². The lowest BCUT2D eigenvalue weighted by atomic mass is 10.1. The Morgan fingerprint density at radius 1 is 1.17 bits per heavy atom. The lowest BCUT2D eigenvalue weighted by Gasteiger charge is -2.19. The Balaban J connectivity index is 1.82. The van der Waals surface area contributed by atoms with Crippen molar-refractivity contribution in [2.45, 2.75) is 46.1 Å². The van der Waals surface area contributed by atoms with Crippen LogP contribution in [0.2, 0.25) is 0 Å². The number of aryl methyl sites for hydroxylation is 1. The van der Waals surface area contributed by atoms with Crippen LogP contribution in [0.5, 0.6) is 0 Å². The van der Waals surface area contributed by atoms with Crippen LogP contribution in [0.3, 0.4) is 0 Å². The zero-order valence-electron chi connectivity index (χ0n) is 23.4. The van der Waals surface area contributed by atoms with Gasteiger partial charge in [-0.25, -0.2) is 29.3 Å². The van der Waals surface area contributed by atoms with Crippen molar-refractivity contribution in [3.63, 3.8) is 0 Å². The number of esters is 1. The fourth-order valence-electron chi connectivity index (χ4n) is 3.70. The molecule has 1 heterocycles. The number of carboxylic acids is 1. The third-order valence-electron chi connectivity index (χ3n) is 6.06. The number of H-pyrrole nitrogens is 1. The van der Waals surface area contributed by atoms with Crippen LogP contribution < -0.4 is 11.1 Å². The number of carbonyl (C=O) groups is 5. The highest BCUT2D eigenvalue weighted by atomic mass is 16.7. The predicted molar refractivity (Wildman–Crippen MR) is 152 cm³/mol. The van der Waals surface area contributed by atoms with Crippen molar-refractivity contribution in [1.82, 2.24) is 15.2 Å². The van der Waals surface area contributed by atoms with E-state index in [0.717, 1.165) is 29.6 Å². The molecule has 1 aromatic heterocycles. The third-order valence-corrected chi connectivity index (χ3v) is 6.06. The summed E-state index contributed by atoms with van der Waals surface area (Å²) in [6, 6.07) is 5.33. The highest BCUT2D eigenvalue weighted by Gasteiger charge is 2.28. The molecule has 14 nitrogen and oxygen atoms in total. The molecule has 0 spiro atoms. The van der Waals surface area contributed by atoms with Gasteiger partial charge >= 0.3 is 18.0 Å². The van der Waals surface area contributed by atoms with Gasteiger partial charge in [0.1, 0.15) is 0 Å². The highest BCUT2D eigenvalue weighted by Crippen LogP contribution is 2.25. The summed E-state index contributed by atoms with van der Waals surface area (Å²) in [6.07, 6.45) is 4.92. The van der Waals surface area contributed by atoms with E-state index in [-0.39, 0.29) is 29.9 Å². The van der Waals surface area contributed by atoms with Crippen molar-refractivity contribution in [2.75, 3.05) is 13.3 Å². The quantitative estimate of drug-likeness (QED) is 0.101. The van der Waals surface area contributed by atoms with Crippen molar-refractivity contribution in [1.29, 1.82) is 0 Å². The largest absolute Gasteiger partial charge is 0.478 e. The van der Waals surface area contributed by atoms with Gasteiger partial charge in [0.05, 0.1) is 23.3 Å². The minimum absolute atomic E-state index is 0.00128. The van der Waals surface area contributed by atoms with Gasteiger partial charge in [0, 0.05) is 36.5 Å². The number of aromatic nitrogens is 1. The smallest absolute Gasteiger partial charge is 0.419 e. The van der Waals surface area contributed by atoms with Gasteiger partial charge in [-0.3, -0.25) is 9.59 Å². The second-order valence-electron chi connectivity index (χ2n) is 9.28. The van der Waals surface area contributed by atoms with Crippen molar-refractivity contribution >= 4 is 47.7 Å². The number of imide groups is 1. The molecule has 0 bridgehead atoms. The molecule has 3 rings (SSSR count). The first-order valence-corrected chi connectivity index (χ1v) is 13.0. The summed E-state index contributed by atoms with van der Waals surface area (Å²) in [4.78, 5) is 73.1. The highest BCUT2D eigenvalue weighted by molar-refractivity contribution is 6.09. The second-order valence-corrected chi connectivity index (χ2v) is 9.28. The molecule has 0 saturated heterocycles. The van der Waals surface area contributed by atoms with Gasteiger partial charge in [0.15, 0.2) is 5.84 Å². The summed E-state index contributed by atoms with van der Waals surface area (Å²) in [5, 5.41) is 11.5. The molecule has 1 aliphatic rings. The summed E-state index contributed by atoms with van der Waals surface area (Å²) in [5.74, 6) is -3.14. The number of aliphatic imine (C=N–C) groups is 2. The number of carbonyl (C=O) groups excluding carboxylic acids is 4. The number of amides is 3. The Kier molecular flexibility index (Phi) is 10.7. The van der Waals surface area contributed by atoms with Crippen molar-refractivity contribution in [3.05, 3.63) is 64.5 Å². The number of nitrogens with two attached hydrogens (primary N) is 1. The van der Waals surface area contributed by atoms with Gasteiger partial charge in [0.25, 0.3) is 11.8 Å². The van der Waals surface area contributed by atoms with E-state index in [4.69, 9.17) is 15.6 Å². The first-order valence-electron chi connectivity index (χ1n) is 13.0. The zero-order chi connectivity index (χ0) is 30.8. The topological polar surface area (TPSA) is 206 Å². The summed E-state index contributed by atoms with van der Waals surface area (Å²) < 4.78 is 9.52. The van der Waals surface area contributed by atoms with Crippen LogP contribution in [-0.4, -0.2) is 76.4 Å². The monoisotopic (exact) mass is 580 g/mol. The number of carboxylic acid groups (broad SMARTS) is 1. The summed E-state index contributed by atoms with van der Waals surface area (Å²) in [7, 11) is 0. The third kappa shape index (κ3) is 8.36. The van der Waals surface area contributed by atoms with E-state index in [2.05, 4.69) is 25.0 Å². The molecule has 0 radical (unpaired) electrons. The Labute approximate surface area is 241 Å². The second kappa shape index (κ2) is 14.4. The van der Waals surface area contributed by atoms with Crippen molar-refractivity contribution < 1.29 is 38.6 Å². The molecule has 1 saturated carbocycles. The van der Waals surface area contributed by atoms with Crippen LogP contribution in [0.15, 0.2) is 46.5 Å². The normalized spacial score (nSPS) is 13.3.